The first-order chi connectivity index (χ1) is 12.8. The Labute approximate surface area is 150 Å². The molecule has 1 amide bonds. The summed E-state index contributed by atoms with van der Waals surface area (Å²) in [4.78, 5) is 18.5. The lowest BCUT2D eigenvalue weighted by atomic mass is 10.2. The van der Waals surface area contributed by atoms with E-state index in [4.69, 9.17) is 4.42 Å². The Balaban J connectivity index is 1.38. The Morgan fingerprint density at radius 3 is 2.85 bits per heavy atom. The van der Waals surface area contributed by atoms with Crippen LogP contribution in [0.3, 0.4) is 0 Å². The van der Waals surface area contributed by atoms with Crippen molar-refractivity contribution >= 4 is 5.91 Å². The van der Waals surface area contributed by atoms with Crippen LogP contribution in [0.15, 0.2) is 47.5 Å². The van der Waals surface area contributed by atoms with Gasteiger partial charge in [-0.1, -0.05) is 0 Å². The molecule has 3 aromatic heterocycles. The van der Waals surface area contributed by atoms with Crippen LogP contribution >= 0.6 is 0 Å². The van der Waals surface area contributed by atoms with Crippen LogP contribution in [0.4, 0.5) is 0 Å². The summed E-state index contributed by atoms with van der Waals surface area (Å²) in [6.45, 7) is 3.85. The van der Waals surface area contributed by atoms with Gasteiger partial charge >= 0.3 is 0 Å². The van der Waals surface area contributed by atoms with E-state index >= 15 is 0 Å². The average Bonchev–Trinajstić information content (AvgIpc) is 3.28. The molecule has 0 radical (unpaired) electrons. The van der Waals surface area contributed by atoms with Gasteiger partial charge < -0.3 is 14.3 Å². The molecule has 0 aliphatic carbocycles. The first kappa shape index (κ1) is 16.5. The molecule has 1 aliphatic heterocycles. The smallest absolute Gasteiger partial charge is 0.251 e. The van der Waals surface area contributed by atoms with Crippen LogP contribution in [0.25, 0.3) is 0 Å². The summed E-state index contributed by atoms with van der Waals surface area (Å²) in [5.41, 5.74) is 1.76. The highest BCUT2D eigenvalue weighted by atomic mass is 16.3. The molecule has 4 rings (SSSR count). The number of nitrogens with zero attached hydrogens (tertiary/aromatic N) is 5. The summed E-state index contributed by atoms with van der Waals surface area (Å²) in [7, 11) is 0. The molecular formula is C18H20N6O2. The Kier molecular flexibility index (Phi) is 4.74. The fourth-order valence-electron chi connectivity index (χ4n) is 3.12. The quantitative estimate of drug-likeness (QED) is 0.743. The molecule has 0 spiro atoms. The van der Waals surface area contributed by atoms with Gasteiger partial charge in [-0.05, 0) is 18.2 Å². The van der Waals surface area contributed by atoms with Gasteiger partial charge in [0, 0.05) is 56.1 Å². The van der Waals surface area contributed by atoms with E-state index < -0.39 is 0 Å². The van der Waals surface area contributed by atoms with E-state index in [0.29, 0.717) is 12.1 Å². The molecule has 134 valence electrons. The summed E-state index contributed by atoms with van der Waals surface area (Å²) in [5, 5.41) is 11.5. The Morgan fingerprint density at radius 2 is 2.04 bits per heavy atom. The van der Waals surface area contributed by atoms with E-state index in [1.54, 1.807) is 37.1 Å². The summed E-state index contributed by atoms with van der Waals surface area (Å²) >= 11 is 0. The van der Waals surface area contributed by atoms with E-state index in [0.717, 1.165) is 44.2 Å². The SMILES string of the molecule is O=C(NCc1nnc2n1CCN(Cc1ccoc1)CC2)c1ccncc1. The van der Waals surface area contributed by atoms with Crippen molar-refractivity contribution in [3.8, 4) is 0 Å². The Bertz CT molecular complexity index is 859. The monoisotopic (exact) mass is 352 g/mol. The number of pyridine rings is 1. The van der Waals surface area contributed by atoms with Crippen molar-refractivity contribution < 1.29 is 9.21 Å². The van der Waals surface area contributed by atoms with Gasteiger partial charge in [0.2, 0.25) is 0 Å². The zero-order valence-corrected chi connectivity index (χ0v) is 14.3. The minimum absolute atomic E-state index is 0.139. The van der Waals surface area contributed by atoms with Crippen molar-refractivity contribution in [2.75, 3.05) is 13.1 Å². The number of amides is 1. The second-order valence-electron chi connectivity index (χ2n) is 6.26. The fraction of sp³-hybridized carbons (Fsp3) is 0.333. The lowest BCUT2D eigenvalue weighted by Gasteiger charge is -2.18. The third kappa shape index (κ3) is 3.65. The zero-order valence-electron chi connectivity index (χ0n) is 14.3. The van der Waals surface area contributed by atoms with Crippen LogP contribution in [0.1, 0.15) is 27.6 Å². The van der Waals surface area contributed by atoms with E-state index in [1.165, 1.54) is 5.56 Å². The number of carbonyl (C=O) groups excluding carboxylic acids is 1. The standard InChI is InChI=1S/C18H20N6O2/c25-18(15-1-5-19-6-2-15)20-11-17-22-21-16-3-7-23(8-9-24(16)17)12-14-4-10-26-13-14/h1-2,4-6,10,13H,3,7-9,11-12H2,(H,20,25). The number of rotatable bonds is 5. The number of hydrogen-bond acceptors (Lipinski definition) is 6. The minimum Gasteiger partial charge on any atom is -0.472 e. The third-order valence-corrected chi connectivity index (χ3v) is 4.53. The number of fused-ring (bicyclic) bond motifs is 1. The van der Waals surface area contributed by atoms with Crippen molar-refractivity contribution in [3.63, 3.8) is 0 Å². The maximum absolute atomic E-state index is 12.2. The van der Waals surface area contributed by atoms with E-state index in [-0.39, 0.29) is 5.91 Å². The maximum atomic E-state index is 12.2. The van der Waals surface area contributed by atoms with Crippen molar-refractivity contribution in [2.45, 2.75) is 26.1 Å². The second kappa shape index (κ2) is 7.49. The van der Waals surface area contributed by atoms with E-state index in [2.05, 4.69) is 30.0 Å². The summed E-state index contributed by atoms with van der Waals surface area (Å²) in [6.07, 6.45) is 7.53. The van der Waals surface area contributed by atoms with Gasteiger partial charge in [0.05, 0.1) is 19.1 Å². The van der Waals surface area contributed by atoms with Crippen molar-refractivity contribution in [2.24, 2.45) is 0 Å². The van der Waals surface area contributed by atoms with E-state index in [9.17, 15) is 4.79 Å². The fourth-order valence-corrected chi connectivity index (χ4v) is 3.12. The van der Waals surface area contributed by atoms with Gasteiger partial charge in [-0.15, -0.1) is 10.2 Å². The molecule has 1 N–H and O–H groups in total. The topological polar surface area (TPSA) is 89.1 Å². The predicted molar refractivity (Wildman–Crippen MR) is 93.1 cm³/mol. The number of carbonyl (C=O) groups is 1. The van der Waals surface area contributed by atoms with Crippen LogP contribution in [0.5, 0.6) is 0 Å². The van der Waals surface area contributed by atoms with Gasteiger partial charge in [-0.25, -0.2) is 0 Å². The molecule has 1 aliphatic rings. The van der Waals surface area contributed by atoms with Crippen LogP contribution in [-0.4, -0.2) is 43.6 Å². The highest BCUT2D eigenvalue weighted by molar-refractivity contribution is 5.93. The van der Waals surface area contributed by atoms with Gasteiger partial charge in [0.1, 0.15) is 5.82 Å². The highest BCUT2D eigenvalue weighted by Crippen LogP contribution is 2.13. The number of aromatic nitrogens is 4. The number of furan rings is 1. The van der Waals surface area contributed by atoms with Crippen LogP contribution < -0.4 is 5.32 Å². The van der Waals surface area contributed by atoms with E-state index in [1.807, 2.05) is 6.07 Å². The minimum atomic E-state index is -0.139. The molecule has 8 nitrogen and oxygen atoms in total. The molecule has 0 fully saturated rings. The predicted octanol–water partition coefficient (Wildman–Crippen LogP) is 1.25. The summed E-state index contributed by atoms with van der Waals surface area (Å²) < 4.78 is 7.26. The van der Waals surface area contributed by atoms with Crippen LogP contribution in [-0.2, 0) is 26.1 Å². The molecule has 0 atom stereocenters. The third-order valence-electron chi connectivity index (χ3n) is 4.53. The second-order valence-corrected chi connectivity index (χ2v) is 6.26. The molecule has 0 bridgehead atoms. The molecular weight excluding hydrogens is 332 g/mol. The Morgan fingerprint density at radius 1 is 1.15 bits per heavy atom. The van der Waals surface area contributed by atoms with Crippen molar-refractivity contribution in [3.05, 3.63) is 65.9 Å². The molecule has 4 heterocycles. The molecule has 3 aromatic rings. The zero-order chi connectivity index (χ0) is 17.8. The number of hydrogen-bond donors (Lipinski definition) is 1. The molecule has 8 heteroatoms. The first-order valence-electron chi connectivity index (χ1n) is 8.62. The van der Waals surface area contributed by atoms with Gasteiger partial charge in [0.25, 0.3) is 5.91 Å². The maximum Gasteiger partial charge on any atom is 0.251 e. The number of nitrogens with one attached hydrogen (secondary N) is 1. The normalized spacial score (nSPS) is 14.6. The first-order valence-corrected chi connectivity index (χ1v) is 8.62. The molecule has 26 heavy (non-hydrogen) atoms. The van der Waals surface area contributed by atoms with Crippen LogP contribution in [0.2, 0.25) is 0 Å². The van der Waals surface area contributed by atoms with Crippen molar-refractivity contribution in [1.82, 2.24) is 30.0 Å². The summed E-state index contributed by atoms with van der Waals surface area (Å²) in [6, 6.07) is 5.37. The molecule has 0 unspecified atom stereocenters. The molecule has 0 saturated heterocycles. The lowest BCUT2D eigenvalue weighted by Crippen LogP contribution is -2.27. The summed E-state index contributed by atoms with van der Waals surface area (Å²) in [5.74, 6) is 1.61. The molecule has 0 aromatic carbocycles. The highest BCUT2D eigenvalue weighted by Gasteiger charge is 2.19. The lowest BCUT2D eigenvalue weighted by molar-refractivity contribution is 0.0949. The van der Waals surface area contributed by atoms with Crippen LogP contribution in [0, 0.1) is 0 Å². The van der Waals surface area contributed by atoms with Gasteiger partial charge in [-0.2, -0.15) is 0 Å². The average molecular weight is 352 g/mol. The molecule has 0 saturated carbocycles. The Hall–Kier alpha value is -3.00. The van der Waals surface area contributed by atoms with Gasteiger partial charge in [0.15, 0.2) is 5.82 Å². The van der Waals surface area contributed by atoms with Gasteiger partial charge in [-0.3, -0.25) is 14.7 Å². The largest absolute Gasteiger partial charge is 0.472 e. The van der Waals surface area contributed by atoms with Crippen molar-refractivity contribution in [1.29, 1.82) is 0 Å².